The van der Waals surface area contributed by atoms with E-state index in [4.69, 9.17) is 4.74 Å². The van der Waals surface area contributed by atoms with E-state index in [0.29, 0.717) is 5.56 Å². The van der Waals surface area contributed by atoms with Crippen LogP contribution < -0.4 is 0 Å². The first-order chi connectivity index (χ1) is 10.9. The third-order valence-electron chi connectivity index (χ3n) is 2.96. The van der Waals surface area contributed by atoms with Gasteiger partial charge in [-0.25, -0.2) is 8.78 Å². The maximum atomic E-state index is 14.0. The van der Waals surface area contributed by atoms with Crippen molar-refractivity contribution in [3.63, 3.8) is 0 Å². The summed E-state index contributed by atoms with van der Waals surface area (Å²) in [6, 6.07) is 6.79. The molecule has 0 amide bonds. The third kappa shape index (κ3) is 6.67. The lowest BCUT2D eigenvalue weighted by Crippen LogP contribution is -2.45. The first-order valence-electron chi connectivity index (χ1n) is 7.31. The summed E-state index contributed by atoms with van der Waals surface area (Å²) < 4.78 is 33.7. The van der Waals surface area contributed by atoms with Crippen LogP contribution in [0.5, 0.6) is 0 Å². The second-order valence-electron chi connectivity index (χ2n) is 6.34. The minimum absolute atomic E-state index is 0.606. The average molecular weight is 407 g/mol. The summed E-state index contributed by atoms with van der Waals surface area (Å²) in [5, 5.41) is 19.2. The highest BCUT2D eigenvalue weighted by molar-refractivity contribution is 9.10. The lowest BCUT2D eigenvalue weighted by atomic mass is 10.0. The molecule has 0 fully saturated rings. The average Bonchev–Trinajstić information content (AvgIpc) is 2.44. The van der Waals surface area contributed by atoms with Crippen LogP contribution in [0.2, 0.25) is 0 Å². The Hall–Kier alpha value is -1.31. The van der Waals surface area contributed by atoms with Crippen molar-refractivity contribution in [1.82, 2.24) is 0 Å². The minimum Gasteiger partial charge on any atom is -0.460 e. The van der Waals surface area contributed by atoms with Crippen molar-refractivity contribution in [1.29, 1.82) is 0 Å². The Morgan fingerprint density at radius 3 is 2.29 bits per heavy atom. The molecule has 1 aromatic carbocycles. The first-order valence-corrected chi connectivity index (χ1v) is 8.10. The van der Waals surface area contributed by atoms with Gasteiger partial charge in [0, 0.05) is 4.47 Å². The van der Waals surface area contributed by atoms with Gasteiger partial charge in [-0.1, -0.05) is 34.1 Å². The van der Waals surface area contributed by atoms with Crippen LogP contribution in [0, 0.1) is 0 Å². The van der Waals surface area contributed by atoms with Crippen molar-refractivity contribution in [2.24, 2.45) is 0 Å². The zero-order valence-electron chi connectivity index (χ0n) is 13.7. The number of hydrogen-bond acceptors (Lipinski definition) is 4. The minimum atomic E-state index is -3.89. The SMILES string of the molecule is CC(C)(C)OC(=O)CC(O)C(F)(F)C(O)/C=C/c1ccc(Br)cc1. The zero-order chi connectivity index (χ0) is 18.5. The monoisotopic (exact) mass is 406 g/mol. The van der Waals surface area contributed by atoms with Crippen molar-refractivity contribution in [2.75, 3.05) is 0 Å². The van der Waals surface area contributed by atoms with Gasteiger partial charge in [0.15, 0.2) is 0 Å². The van der Waals surface area contributed by atoms with Crippen molar-refractivity contribution in [3.8, 4) is 0 Å². The summed E-state index contributed by atoms with van der Waals surface area (Å²) in [5.41, 5.74) is -0.235. The zero-order valence-corrected chi connectivity index (χ0v) is 15.3. The normalized spacial score (nSPS) is 15.3. The van der Waals surface area contributed by atoms with Crippen LogP contribution in [-0.2, 0) is 9.53 Å². The van der Waals surface area contributed by atoms with E-state index in [1.807, 2.05) is 0 Å². The van der Waals surface area contributed by atoms with Crippen LogP contribution in [0.15, 0.2) is 34.8 Å². The standard InChI is InChI=1S/C17H21BrF2O4/c1-16(2,3)24-15(23)10-14(22)17(19,20)13(21)9-6-11-4-7-12(18)8-5-11/h4-9,13-14,21-22H,10H2,1-3H3/b9-6+. The van der Waals surface area contributed by atoms with E-state index in [2.05, 4.69) is 15.9 Å². The van der Waals surface area contributed by atoms with Crippen LogP contribution in [0.25, 0.3) is 6.08 Å². The van der Waals surface area contributed by atoms with Gasteiger partial charge in [-0.2, -0.15) is 0 Å². The second kappa shape index (κ2) is 8.18. The van der Waals surface area contributed by atoms with Gasteiger partial charge >= 0.3 is 11.9 Å². The van der Waals surface area contributed by atoms with E-state index in [9.17, 15) is 23.8 Å². The first kappa shape index (κ1) is 20.7. The van der Waals surface area contributed by atoms with E-state index in [1.54, 1.807) is 45.0 Å². The Labute approximate surface area is 148 Å². The van der Waals surface area contributed by atoms with Gasteiger partial charge in [0.25, 0.3) is 0 Å². The summed E-state index contributed by atoms with van der Waals surface area (Å²) in [6.07, 6.45) is -3.31. The van der Waals surface area contributed by atoms with Crippen LogP contribution in [0.1, 0.15) is 32.8 Å². The highest BCUT2D eigenvalue weighted by Crippen LogP contribution is 2.27. The summed E-state index contributed by atoms with van der Waals surface area (Å²) in [7, 11) is 0. The van der Waals surface area contributed by atoms with E-state index in [1.165, 1.54) is 6.08 Å². The maximum Gasteiger partial charge on any atom is 0.309 e. The fourth-order valence-corrected chi connectivity index (χ4v) is 2.04. The van der Waals surface area contributed by atoms with Crippen molar-refractivity contribution in [2.45, 2.75) is 50.9 Å². The van der Waals surface area contributed by atoms with E-state index in [0.717, 1.165) is 10.5 Å². The molecule has 134 valence electrons. The maximum absolute atomic E-state index is 14.0. The molecule has 0 heterocycles. The molecule has 0 aliphatic rings. The summed E-state index contributed by atoms with van der Waals surface area (Å²) in [4.78, 5) is 11.5. The number of ether oxygens (including phenoxy) is 1. The van der Waals surface area contributed by atoms with Gasteiger partial charge in [0.2, 0.25) is 0 Å². The second-order valence-corrected chi connectivity index (χ2v) is 7.25. The Bertz CT molecular complexity index is 579. The van der Waals surface area contributed by atoms with Gasteiger partial charge in [0.05, 0.1) is 6.42 Å². The molecule has 0 aromatic heterocycles. The topological polar surface area (TPSA) is 66.8 Å². The molecule has 1 rings (SSSR count). The quantitative estimate of drug-likeness (QED) is 0.708. The predicted molar refractivity (Wildman–Crippen MR) is 90.6 cm³/mol. The smallest absolute Gasteiger partial charge is 0.309 e. The lowest BCUT2D eigenvalue weighted by molar-refractivity contribution is -0.180. The molecule has 4 nitrogen and oxygen atoms in total. The summed E-state index contributed by atoms with van der Waals surface area (Å²) in [5.74, 6) is -4.85. The number of aliphatic hydroxyl groups excluding tert-OH is 2. The van der Waals surface area contributed by atoms with Crippen LogP contribution >= 0.6 is 15.9 Å². The number of benzene rings is 1. The fourth-order valence-electron chi connectivity index (χ4n) is 1.78. The number of alkyl halides is 2. The number of carbonyl (C=O) groups excluding carboxylic acids is 1. The molecule has 2 N–H and O–H groups in total. The van der Waals surface area contributed by atoms with Gasteiger partial charge in [0.1, 0.15) is 17.8 Å². The van der Waals surface area contributed by atoms with Gasteiger partial charge in [-0.15, -0.1) is 0 Å². The number of hydrogen-bond donors (Lipinski definition) is 2. The molecular formula is C17H21BrF2O4. The highest BCUT2D eigenvalue weighted by Gasteiger charge is 2.46. The highest BCUT2D eigenvalue weighted by atomic mass is 79.9. The summed E-state index contributed by atoms with van der Waals surface area (Å²) in [6.45, 7) is 4.77. The number of aliphatic hydroxyl groups is 2. The molecule has 2 unspecified atom stereocenters. The molecule has 0 aliphatic heterocycles. The molecule has 7 heteroatoms. The molecule has 0 spiro atoms. The largest absolute Gasteiger partial charge is 0.460 e. The fraction of sp³-hybridized carbons (Fsp3) is 0.471. The Kier molecular flexibility index (Phi) is 7.07. The molecule has 0 aliphatic carbocycles. The van der Waals surface area contributed by atoms with Gasteiger partial charge < -0.3 is 14.9 Å². The lowest BCUT2D eigenvalue weighted by Gasteiger charge is -2.26. The molecule has 2 atom stereocenters. The predicted octanol–water partition coefficient (Wildman–Crippen LogP) is 3.55. The number of rotatable bonds is 6. The van der Waals surface area contributed by atoms with Crippen molar-refractivity contribution < 1.29 is 28.5 Å². The van der Waals surface area contributed by atoms with Crippen LogP contribution in [0.3, 0.4) is 0 Å². The third-order valence-corrected chi connectivity index (χ3v) is 3.49. The van der Waals surface area contributed by atoms with E-state index >= 15 is 0 Å². The molecule has 0 bridgehead atoms. The van der Waals surface area contributed by atoms with E-state index < -0.39 is 36.1 Å². The van der Waals surface area contributed by atoms with Gasteiger partial charge in [-0.3, -0.25) is 4.79 Å². The molecule has 0 saturated carbocycles. The molecule has 1 aromatic rings. The van der Waals surface area contributed by atoms with Crippen LogP contribution in [-0.4, -0.2) is 39.9 Å². The molecular weight excluding hydrogens is 386 g/mol. The number of esters is 1. The summed E-state index contributed by atoms with van der Waals surface area (Å²) >= 11 is 3.25. The number of halogens is 3. The molecule has 0 radical (unpaired) electrons. The molecule has 24 heavy (non-hydrogen) atoms. The van der Waals surface area contributed by atoms with Gasteiger partial charge in [-0.05, 0) is 44.5 Å². The Morgan fingerprint density at radius 1 is 1.25 bits per heavy atom. The molecule has 0 saturated heterocycles. The number of carbonyl (C=O) groups is 1. The van der Waals surface area contributed by atoms with E-state index in [-0.39, 0.29) is 0 Å². The van der Waals surface area contributed by atoms with Crippen molar-refractivity contribution in [3.05, 3.63) is 40.4 Å². The van der Waals surface area contributed by atoms with Crippen LogP contribution in [0.4, 0.5) is 8.78 Å². The Balaban J connectivity index is 2.70. The van der Waals surface area contributed by atoms with Crippen molar-refractivity contribution >= 4 is 28.0 Å². The Morgan fingerprint density at radius 2 is 1.79 bits per heavy atom.